The molecule has 1 heterocycles. The van der Waals surface area contributed by atoms with Gasteiger partial charge in [0, 0.05) is 24.7 Å². The number of piperidine rings is 1. The van der Waals surface area contributed by atoms with Crippen molar-refractivity contribution in [3.8, 4) is 0 Å². The van der Waals surface area contributed by atoms with Crippen LogP contribution in [-0.4, -0.2) is 43.9 Å². The van der Waals surface area contributed by atoms with Gasteiger partial charge < -0.3 is 5.32 Å². The van der Waals surface area contributed by atoms with Gasteiger partial charge in [0.1, 0.15) is 0 Å². The molecule has 0 spiro atoms. The van der Waals surface area contributed by atoms with Gasteiger partial charge >= 0.3 is 0 Å². The minimum atomic E-state index is -3.34. The third kappa shape index (κ3) is 4.91. The summed E-state index contributed by atoms with van der Waals surface area (Å²) in [6.45, 7) is 8.39. The summed E-state index contributed by atoms with van der Waals surface area (Å²) in [6.07, 6.45) is 6.17. The Bertz CT molecular complexity index is 422. The van der Waals surface area contributed by atoms with Gasteiger partial charge in [-0.15, -0.1) is 0 Å². The second kappa shape index (κ2) is 6.94. The summed E-state index contributed by atoms with van der Waals surface area (Å²) in [6, 6.07) is 0.739. The Labute approximate surface area is 130 Å². The predicted molar refractivity (Wildman–Crippen MR) is 86.4 cm³/mol. The number of hydrogen-bond acceptors (Lipinski definition) is 3. The summed E-state index contributed by atoms with van der Waals surface area (Å²) in [4.78, 5) is 0. The highest BCUT2D eigenvalue weighted by Gasteiger charge is 2.33. The molecule has 1 aliphatic carbocycles. The fourth-order valence-corrected chi connectivity index (χ4v) is 4.48. The summed E-state index contributed by atoms with van der Waals surface area (Å²) in [5, 5.41) is 3.55. The van der Waals surface area contributed by atoms with Gasteiger partial charge in [-0.05, 0) is 57.9 Å². The van der Waals surface area contributed by atoms with E-state index in [0.717, 1.165) is 38.3 Å². The predicted octanol–water partition coefficient (Wildman–Crippen LogP) is 1.86. The van der Waals surface area contributed by atoms with Crippen molar-refractivity contribution in [2.24, 2.45) is 5.92 Å². The SMILES string of the molecule is CCC(C)(CC)NS(=O)(=O)N1CCC(CNC2CC2)CC1. The molecule has 2 N–H and O–H groups in total. The fraction of sp³-hybridized carbons (Fsp3) is 1.00. The molecule has 2 rings (SSSR count). The Balaban J connectivity index is 1.81. The molecule has 0 amide bonds. The van der Waals surface area contributed by atoms with Crippen LogP contribution in [0.4, 0.5) is 0 Å². The molecule has 1 saturated heterocycles. The van der Waals surface area contributed by atoms with Crippen LogP contribution in [0.25, 0.3) is 0 Å². The van der Waals surface area contributed by atoms with Crippen LogP contribution in [-0.2, 0) is 10.2 Å². The molecule has 5 nitrogen and oxygen atoms in total. The lowest BCUT2D eigenvalue weighted by Gasteiger charge is -2.35. The average molecular weight is 317 g/mol. The number of nitrogens with zero attached hydrogens (tertiary/aromatic N) is 1. The van der Waals surface area contributed by atoms with Crippen LogP contribution in [0.2, 0.25) is 0 Å². The van der Waals surface area contributed by atoms with E-state index in [-0.39, 0.29) is 5.54 Å². The monoisotopic (exact) mass is 317 g/mol. The maximum absolute atomic E-state index is 12.5. The van der Waals surface area contributed by atoms with Crippen molar-refractivity contribution in [3.05, 3.63) is 0 Å². The van der Waals surface area contributed by atoms with Gasteiger partial charge in [0.05, 0.1) is 0 Å². The first-order chi connectivity index (χ1) is 9.88. The van der Waals surface area contributed by atoms with Crippen LogP contribution in [0.15, 0.2) is 0 Å². The molecule has 124 valence electrons. The Kier molecular flexibility index (Phi) is 5.68. The van der Waals surface area contributed by atoms with Crippen LogP contribution in [0, 0.1) is 5.92 Å². The highest BCUT2D eigenvalue weighted by molar-refractivity contribution is 7.87. The van der Waals surface area contributed by atoms with Crippen LogP contribution >= 0.6 is 0 Å². The molecule has 6 heteroatoms. The summed E-state index contributed by atoms with van der Waals surface area (Å²) in [5.74, 6) is 0.626. The van der Waals surface area contributed by atoms with E-state index >= 15 is 0 Å². The Morgan fingerprint density at radius 2 is 1.67 bits per heavy atom. The van der Waals surface area contributed by atoms with Crippen molar-refractivity contribution in [2.75, 3.05) is 19.6 Å². The van der Waals surface area contributed by atoms with Gasteiger partial charge in [-0.2, -0.15) is 17.4 Å². The first-order valence-corrected chi connectivity index (χ1v) is 9.85. The van der Waals surface area contributed by atoms with Crippen LogP contribution in [0.5, 0.6) is 0 Å². The number of nitrogens with one attached hydrogen (secondary N) is 2. The number of hydrogen-bond donors (Lipinski definition) is 2. The molecule has 1 aliphatic heterocycles. The molecule has 0 aromatic heterocycles. The lowest BCUT2D eigenvalue weighted by molar-refractivity contribution is 0.258. The zero-order chi connectivity index (χ0) is 15.5. The minimum Gasteiger partial charge on any atom is -0.314 e. The van der Waals surface area contributed by atoms with E-state index in [9.17, 15) is 8.42 Å². The summed E-state index contributed by atoms with van der Waals surface area (Å²) < 4.78 is 29.5. The third-order valence-electron chi connectivity index (χ3n) is 5.12. The molecule has 0 aromatic rings. The van der Waals surface area contributed by atoms with Crippen LogP contribution in [0.1, 0.15) is 59.3 Å². The van der Waals surface area contributed by atoms with E-state index in [1.54, 1.807) is 4.31 Å². The second-order valence-corrected chi connectivity index (χ2v) is 8.57. The Hall–Kier alpha value is -0.170. The quantitative estimate of drug-likeness (QED) is 0.718. The zero-order valence-electron chi connectivity index (χ0n) is 13.7. The largest absolute Gasteiger partial charge is 0.314 e. The van der Waals surface area contributed by atoms with Crippen molar-refractivity contribution in [3.63, 3.8) is 0 Å². The van der Waals surface area contributed by atoms with E-state index < -0.39 is 10.2 Å². The van der Waals surface area contributed by atoms with Gasteiger partial charge in [-0.25, -0.2) is 0 Å². The molecule has 0 radical (unpaired) electrons. The number of rotatable bonds is 8. The standard InChI is InChI=1S/C15H31N3O2S/c1-4-15(3,5-2)17-21(19,20)18-10-8-13(9-11-18)12-16-14-6-7-14/h13-14,16-17H,4-12H2,1-3H3. The molecule has 0 atom stereocenters. The van der Waals surface area contributed by atoms with E-state index in [1.807, 2.05) is 20.8 Å². The van der Waals surface area contributed by atoms with Gasteiger partial charge in [-0.3, -0.25) is 0 Å². The lowest BCUT2D eigenvalue weighted by atomic mass is 9.98. The van der Waals surface area contributed by atoms with Crippen molar-refractivity contribution >= 4 is 10.2 Å². The first kappa shape index (κ1) is 17.2. The van der Waals surface area contributed by atoms with Crippen molar-refractivity contribution < 1.29 is 8.42 Å². The normalized spacial score (nSPS) is 22.6. The van der Waals surface area contributed by atoms with E-state index in [4.69, 9.17) is 0 Å². The van der Waals surface area contributed by atoms with Crippen LogP contribution < -0.4 is 10.0 Å². The van der Waals surface area contributed by atoms with Gasteiger partial charge in [0.15, 0.2) is 0 Å². The zero-order valence-corrected chi connectivity index (χ0v) is 14.5. The van der Waals surface area contributed by atoms with E-state index in [2.05, 4.69) is 10.0 Å². The van der Waals surface area contributed by atoms with Crippen molar-refractivity contribution in [2.45, 2.75) is 70.9 Å². The maximum atomic E-state index is 12.5. The molecule has 0 aromatic carbocycles. The lowest BCUT2D eigenvalue weighted by Crippen LogP contribution is -2.53. The molecule has 2 fully saturated rings. The smallest absolute Gasteiger partial charge is 0.279 e. The topological polar surface area (TPSA) is 61.4 Å². The Morgan fingerprint density at radius 3 is 2.14 bits per heavy atom. The van der Waals surface area contributed by atoms with E-state index in [1.165, 1.54) is 12.8 Å². The molecular weight excluding hydrogens is 286 g/mol. The van der Waals surface area contributed by atoms with Gasteiger partial charge in [0.25, 0.3) is 10.2 Å². The van der Waals surface area contributed by atoms with Gasteiger partial charge in [-0.1, -0.05) is 13.8 Å². The summed E-state index contributed by atoms with van der Waals surface area (Å²) in [7, 11) is -3.34. The third-order valence-corrected chi connectivity index (χ3v) is 6.92. The van der Waals surface area contributed by atoms with E-state index in [0.29, 0.717) is 19.0 Å². The molecule has 2 aliphatic rings. The highest BCUT2D eigenvalue weighted by Crippen LogP contribution is 2.24. The highest BCUT2D eigenvalue weighted by atomic mass is 32.2. The minimum absolute atomic E-state index is 0.330. The average Bonchev–Trinajstić information content (AvgIpc) is 3.29. The van der Waals surface area contributed by atoms with Crippen molar-refractivity contribution in [1.82, 2.24) is 14.3 Å². The molecular formula is C15H31N3O2S. The maximum Gasteiger partial charge on any atom is 0.279 e. The van der Waals surface area contributed by atoms with Crippen LogP contribution in [0.3, 0.4) is 0 Å². The van der Waals surface area contributed by atoms with Gasteiger partial charge in [0.2, 0.25) is 0 Å². The summed E-state index contributed by atoms with van der Waals surface area (Å²) >= 11 is 0. The van der Waals surface area contributed by atoms with Crippen molar-refractivity contribution in [1.29, 1.82) is 0 Å². The first-order valence-electron chi connectivity index (χ1n) is 8.41. The Morgan fingerprint density at radius 1 is 1.10 bits per heavy atom. The summed E-state index contributed by atoms with van der Waals surface area (Å²) in [5.41, 5.74) is -0.330. The fourth-order valence-electron chi connectivity index (χ4n) is 2.74. The molecule has 0 bridgehead atoms. The molecule has 1 saturated carbocycles. The molecule has 0 unspecified atom stereocenters. The molecule has 21 heavy (non-hydrogen) atoms. The second-order valence-electron chi connectivity index (χ2n) is 6.90.